The average Bonchev–Trinajstić information content (AvgIpc) is 3.44. The van der Waals surface area contributed by atoms with Gasteiger partial charge in [-0.3, -0.25) is 0 Å². The van der Waals surface area contributed by atoms with Gasteiger partial charge in [-0.25, -0.2) is 23.4 Å². The van der Waals surface area contributed by atoms with Gasteiger partial charge in [-0.2, -0.15) is 9.47 Å². The largest absolute Gasteiger partial charge is 0.382 e. The molecule has 0 aliphatic rings. The summed E-state index contributed by atoms with van der Waals surface area (Å²) >= 11 is 4.02. The van der Waals surface area contributed by atoms with E-state index in [1.165, 1.54) is 58.0 Å². The van der Waals surface area contributed by atoms with Gasteiger partial charge < -0.3 is 5.11 Å². The second-order valence-corrected chi connectivity index (χ2v) is 9.55. The van der Waals surface area contributed by atoms with Gasteiger partial charge in [0.2, 0.25) is 0 Å². The van der Waals surface area contributed by atoms with E-state index < -0.39 is 22.5 Å². The van der Waals surface area contributed by atoms with Crippen LogP contribution in [0, 0.1) is 11.6 Å². The van der Waals surface area contributed by atoms with E-state index in [2.05, 4.69) is 19.4 Å². The Bertz CT molecular complexity index is 1090. The van der Waals surface area contributed by atoms with Crippen LogP contribution in [-0.2, 0) is 12.1 Å². The maximum atomic E-state index is 14.6. The first kappa shape index (κ1) is 20.1. The summed E-state index contributed by atoms with van der Waals surface area (Å²) in [6.07, 6.45) is 2.76. The van der Waals surface area contributed by atoms with Crippen molar-refractivity contribution in [2.75, 3.05) is 0 Å². The summed E-state index contributed by atoms with van der Waals surface area (Å²) in [5.41, 5.74) is -1.71. The Kier molecular flexibility index (Phi) is 5.72. The van der Waals surface area contributed by atoms with Crippen LogP contribution in [0.5, 0.6) is 0 Å². The Hall–Kier alpha value is -2.21. The summed E-state index contributed by atoms with van der Waals surface area (Å²) in [4.78, 5) is 9.33. The zero-order valence-corrected chi connectivity index (χ0v) is 17.5. The third kappa shape index (κ3) is 4.22. The molecule has 6 nitrogen and oxygen atoms in total. The summed E-state index contributed by atoms with van der Waals surface area (Å²) in [6, 6.07) is 7.00. The second kappa shape index (κ2) is 8.27. The molecule has 0 saturated heterocycles. The third-order valence-electron chi connectivity index (χ3n) is 4.37. The summed E-state index contributed by atoms with van der Waals surface area (Å²) in [6.45, 7) is 1.71. The summed E-state index contributed by atoms with van der Waals surface area (Å²) in [5.74, 6) is -0.913. The predicted octanol–water partition coefficient (Wildman–Crippen LogP) is 4.20. The quantitative estimate of drug-likeness (QED) is 0.424. The first-order valence-electron chi connectivity index (χ1n) is 8.50. The lowest BCUT2D eigenvalue weighted by molar-refractivity contribution is 0.0133. The van der Waals surface area contributed by atoms with Crippen molar-refractivity contribution in [3.05, 3.63) is 65.6 Å². The monoisotopic (exact) mass is 451 g/mol. The minimum atomic E-state index is -1.69. The van der Waals surface area contributed by atoms with Crippen LogP contribution >= 0.6 is 34.6 Å². The fourth-order valence-corrected chi connectivity index (χ4v) is 5.55. The number of thiophene rings is 1. The first-order chi connectivity index (χ1) is 14.0. The van der Waals surface area contributed by atoms with Gasteiger partial charge in [0.1, 0.15) is 29.9 Å². The van der Waals surface area contributed by atoms with Crippen molar-refractivity contribution in [1.29, 1.82) is 0 Å². The molecule has 1 aromatic carbocycles. The highest BCUT2D eigenvalue weighted by atomic mass is 32.2. The van der Waals surface area contributed by atoms with Crippen LogP contribution < -0.4 is 0 Å². The molecule has 0 saturated carbocycles. The van der Waals surface area contributed by atoms with E-state index in [4.69, 9.17) is 0 Å². The Balaban J connectivity index is 1.65. The lowest BCUT2D eigenvalue weighted by Crippen LogP contribution is -2.41. The molecule has 4 aromatic rings. The average molecular weight is 452 g/mol. The van der Waals surface area contributed by atoms with Gasteiger partial charge in [0.05, 0.1) is 11.4 Å². The normalized spacial score (nSPS) is 14.6. The smallest absolute Gasteiger partial charge is 0.184 e. The van der Waals surface area contributed by atoms with E-state index in [-0.39, 0.29) is 12.1 Å². The number of aliphatic hydroxyl groups is 1. The first-order valence-corrected chi connectivity index (χ1v) is 11.0. The maximum Gasteiger partial charge on any atom is 0.184 e. The van der Waals surface area contributed by atoms with Gasteiger partial charge in [0.25, 0.3) is 0 Å². The number of benzene rings is 1. The Labute approximate surface area is 177 Å². The fraction of sp³-hybridized carbons (Fsp3) is 0.222. The van der Waals surface area contributed by atoms with Crippen LogP contribution in [0.15, 0.2) is 52.7 Å². The molecule has 150 valence electrons. The van der Waals surface area contributed by atoms with Crippen LogP contribution in [0.1, 0.15) is 12.5 Å². The van der Waals surface area contributed by atoms with Crippen LogP contribution in [0.2, 0.25) is 0 Å². The van der Waals surface area contributed by atoms with E-state index in [9.17, 15) is 13.9 Å². The van der Waals surface area contributed by atoms with Crippen LogP contribution in [0.4, 0.5) is 8.78 Å². The predicted molar refractivity (Wildman–Crippen MR) is 109 cm³/mol. The topological polar surface area (TPSA) is 76.7 Å². The van der Waals surface area contributed by atoms with Crippen molar-refractivity contribution in [1.82, 2.24) is 24.1 Å². The van der Waals surface area contributed by atoms with Crippen molar-refractivity contribution < 1.29 is 13.9 Å². The molecule has 3 aromatic heterocycles. The highest BCUT2D eigenvalue weighted by Crippen LogP contribution is 2.40. The molecule has 0 radical (unpaired) electrons. The fourth-order valence-electron chi connectivity index (χ4n) is 2.85. The van der Waals surface area contributed by atoms with Crippen molar-refractivity contribution in [3.63, 3.8) is 0 Å². The molecule has 4 rings (SSSR count). The van der Waals surface area contributed by atoms with E-state index >= 15 is 0 Å². The molecule has 0 fully saturated rings. The lowest BCUT2D eigenvalue weighted by atomic mass is 9.90. The lowest BCUT2D eigenvalue weighted by Gasteiger charge is -2.33. The van der Waals surface area contributed by atoms with Gasteiger partial charge in [-0.15, -0.1) is 11.3 Å². The van der Waals surface area contributed by atoms with Crippen LogP contribution in [-0.4, -0.2) is 34.5 Å². The van der Waals surface area contributed by atoms with Crippen molar-refractivity contribution in [2.24, 2.45) is 0 Å². The van der Waals surface area contributed by atoms with Crippen molar-refractivity contribution >= 4 is 34.6 Å². The van der Waals surface area contributed by atoms with Gasteiger partial charge in [-0.1, -0.05) is 23.9 Å². The highest BCUT2D eigenvalue weighted by Gasteiger charge is 2.40. The van der Waals surface area contributed by atoms with E-state index in [1.807, 2.05) is 17.5 Å². The standard InChI is InChI=1S/C18H15F2N5OS3/c1-11(28-17-23-16(24-29-17)15-3-2-6-27-15)18(26,8-25-10-21-9-22-25)13-5-4-12(19)7-14(13)20/h2-7,9-11,26H,8H2,1H3/t11-,18?/m1/s1. The van der Waals surface area contributed by atoms with Crippen LogP contribution in [0.3, 0.4) is 0 Å². The summed E-state index contributed by atoms with van der Waals surface area (Å²) < 4.78 is 34.4. The zero-order chi connectivity index (χ0) is 20.4. The van der Waals surface area contributed by atoms with E-state index in [1.54, 1.807) is 6.92 Å². The number of thioether (sulfide) groups is 1. The Morgan fingerprint density at radius 3 is 2.86 bits per heavy atom. The number of aromatic nitrogens is 5. The van der Waals surface area contributed by atoms with E-state index in [0.717, 1.165) is 17.0 Å². The number of hydrogen-bond acceptors (Lipinski definition) is 8. The third-order valence-corrected chi connectivity index (χ3v) is 7.29. The molecule has 0 bridgehead atoms. The molecule has 1 N–H and O–H groups in total. The number of hydrogen-bond donors (Lipinski definition) is 1. The van der Waals surface area contributed by atoms with Crippen LogP contribution in [0.25, 0.3) is 10.7 Å². The molecule has 0 aliphatic heterocycles. The maximum absolute atomic E-state index is 14.6. The molecule has 0 aliphatic carbocycles. The summed E-state index contributed by atoms with van der Waals surface area (Å²) in [7, 11) is 0. The van der Waals surface area contributed by atoms with Gasteiger partial charge in [0.15, 0.2) is 10.2 Å². The Morgan fingerprint density at radius 1 is 1.31 bits per heavy atom. The second-order valence-electron chi connectivity index (χ2n) is 6.26. The number of nitrogens with zero attached hydrogens (tertiary/aromatic N) is 5. The zero-order valence-electron chi connectivity index (χ0n) is 15.1. The molecule has 1 unspecified atom stereocenters. The molecule has 0 amide bonds. The van der Waals surface area contributed by atoms with Crippen molar-refractivity contribution in [3.8, 4) is 10.7 Å². The Morgan fingerprint density at radius 2 is 2.17 bits per heavy atom. The molecule has 29 heavy (non-hydrogen) atoms. The van der Waals surface area contributed by atoms with Gasteiger partial charge >= 0.3 is 0 Å². The summed E-state index contributed by atoms with van der Waals surface area (Å²) in [5, 5.41) is 16.9. The number of halogens is 2. The highest BCUT2D eigenvalue weighted by molar-refractivity contribution is 8.01. The van der Waals surface area contributed by atoms with E-state index in [0.29, 0.717) is 10.2 Å². The molecule has 2 atom stereocenters. The molecule has 11 heteroatoms. The van der Waals surface area contributed by atoms with Gasteiger partial charge in [-0.05, 0) is 36.0 Å². The minimum absolute atomic E-state index is 0.0163. The van der Waals surface area contributed by atoms with Gasteiger partial charge in [0, 0.05) is 16.9 Å². The molecule has 0 spiro atoms. The minimum Gasteiger partial charge on any atom is -0.382 e. The SMILES string of the molecule is C[C@@H](Sc1nc(-c2cccs2)ns1)C(O)(Cn1cncn1)c1ccc(F)cc1F. The number of rotatable bonds is 7. The van der Waals surface area contributed by atoms with Crippen molar-refractivity contribution in [2.45, 2.75) is 28.7 Å². The molecule has 3 heterocycles. The molecular weight excluding hydrogens is 436 g/mol. The molecular formula is C18H15F2N5OS3.